The average molecular weight is 273 g/mol. The minimum absolute atomic E-state index is 0.0514. The van der Waals surface area contributed by atoms with E-state index in [2.05, 4.69) is 0 Å². The van der Waals surface area contributed by atoms with Crippen molar-refractivity contribution in [2.75, 3.05) is 26.2 Å². The van der Waals surface area contributed by atoms with E-state index in [9.17, 15) is 9.18 Å². The van der Waals surface area contributed by atoms with Gasteiger partial charge in [0.25, 0.3) is 5.91 Å². The fourth-order valence-electron chi connectivity index (χ4n) is 1.86. The fourth-order valence-corrected chi connectivity index (χ4v) is 2.04. The van der Waals surface area contributed by atoms with Gasteiger partial charge in [-0.15, -0.1) is 0 Å². The highest BCUT2D eigenvalue weighted by Crippen LogP contribution is 2.18. The second kappa shape index (κ2) is 5.65. The molecular formula is C12H14ClFN2O2. The summed E-state index contributed by atoms with van der Waals surface area (Å²) in [5.74, 6) is -0.714. The van der Waals surface area contributed by atoms with Crippen LogP contribution in [-0.2, 0) is 4.74 Å². The Kier molecular flexibility index (Phi) is 4.16. The molecule has 1 amide bonds. The van der Waals surface area contributed by atoms with Crippen LogP contribution in [0.4, 0.5) is 4.39 Å². The second-order valence-electron chi connectivity index (χ2n) is 4.11. The Morgan fingerprint density at radius 2 is 2.39 bits per heavy atom. The lowest BCUT2D eigenvalue weighted by Gasteiger charge is -2.32. The fraction of sp³-hybridized carbons (Fsp3) is 0.417. The van der Waals surface area contributed by atoms with Gasteiger partial charge >= 0.3 is 0 Å². The first-order valence-electron chi connectivity index (χ1n) is 5.68. The Balaban J connectivity index is 2.12. The molecule has 0 bridgehead atoms. The molecule has 98 valence electrons. The lowest BCUT2D eigenvalue weighted by Crippen LogP contribution is -2.48. The Morgan fingerprint density at radius 1 is 1.61 bits per heavy atom. The van der Waals surface area contributed by atoms with Gasteiger partial charge in [-0.1, -0.05) is 11.6 Å². The summed E-state index contributed by atoms with van der Waals surface area (Å²) in [6.07, 6.45) is -0.140. The molecule has 0 radical (unpaired) electrons. The van der Waals surface area contributed by atoms with Crippen LogP contribution in [-0.4, -0.2) is 43.2 Å². The number of carbonyl (C=O) groups is 1. The zero-order valence-electron chi connectivity index (χ0n) is 9.73. The van der Waals surface area contributed by atoms with E-state index in [1.54, 1.807) is 4.90 Å². The van der Waals surface area contributed by atoms with Gasteiger partial charge in [-0.05, 0) is 18.2 Å². The van der Waals surface area contributed by atoms with Gasteiger partial charge < -0.3 is 15.4 Å². The van der Waals surface area contributed by atoms with Crippen LogP contribution in [0.3, 0.4) is 0 Å². The summed E-state index contributed by atoms with van der Waals surface area (Å²) in [5, 5.41) is -0.0514. The molecule has 1 atom stereocenters. The van der Waals surface area contributed by atoms with Gasteiger partial charge in [0.1, 0.15) is 5.82 Å². The number of hydrogen-bond donors (Lipinski definition) is 1. The molecule has 4 nitrogen and oxygen atoms in total. The lowest BCUT2D eigenvalue weighted by atomic mass is 10.1. The van der Waals surface area contributed by atoms with Crippen molar-refractivity contribution in [1.29, 1.82) is 0 Å². The van der Waals surface area contributed by atoms with Gasteiger partial charge in [-0.2, -0.15) is 0 Å². The third-order valence-corrected chi connectivity index (χ3v) is 3.15. The molecule has 1 aromatic rings. The summed E-state index contributed by atoms with van der Waals surface area (Å²) < 4.78 is 18.4. The smallest absolute Gasteiger partial charge is 0.254 e. The molecule has 0 aliphatic carbocycles. The highest BCUT2D eigenvalue weighted by Gasteiger charge is 2.24. The topological polar surface area (TPSA) is 55.6 Å². The Labute approximate surface area is 109 Å². The number of nitrogens with zero attached hydrogens (tertiary/aromatic N) is 1. The summed E-state index contributed by atoms with van der Waals surface area (Å²) in [6.45, 7) is 1.78. The number of benzene rings is 1. The molecule has 1 aliphatic heterocycles. The molecule has 1 aromatic carbocycles. The second-order valence-corrected chi connectivity index (χ2v) is 4.52. The third-order valence-electron chi connectivity index (χ3n) is 2.86. The van der Waals surface area contributed by atoms with Gasteiger partial charge in [-0.3, -0.25) is 4.79 Å². The SMILES string of the molecule is NCC1CN(C(=O)c2ccc(F)c(Cl)c2)CCO1. The predicted molar refractivity (Wildman–Crippen MR) is 66.1 cm³/mol. The number of carbonyl (C=O) groups excluding carboxylic acids is 1. The number of hydrogen-bond acceptors (Lipinski definition) is 3. The first-order valence-corrected chi connectivity index (χ1v) is 6.05. The maximum Gasteiger partial charge on any atom is 0.254 e. The van der Waals surface area contributed by atoms with Crippen molar-refractivity contribution in [2.45, 2.75) is 6.10 Å². The van der Waals surface area contributed by atoms with Crippen molar-refractivity contribution >= 4 is 17.5 Å². The van der Waals surface area contributed by atoms with Gasteiger partial charge in [0.15, 0.2) is 0 Å². The zero-order valence-corrected chi connectivity index (χ0v) is 10.5. The van der Waals surface area contributed by atoms with Crippen LogP contribution in [0, 0.1) is 5.82 Å². The van der Waals surface area contributed by atoms with Crippen LogP contribution in [0.15, 0.2) is 18.2 Å². The molecule has 18 heavy (non-hydrogen) atoms. The highest BCUT2D eigenvalue weighted by atomic mass is 35.5. The van der Waals surface area contributed by atoms with Crippen molar-refractivity contribution in [3.63, 3.8) is 0 Å². The average Bonchev–Trinajstić information content (AvgIpc) is 2.41. The molecular weight excluding hydrogens is 259 g/mol. The van der Waals surface area contributed by atoms with E-state index in [1.165, 1.54) is 18.2 Å². The van der Waals surface area contributed by atoms with Crippen LogP contribution >= 0.6 is 11.6 Å². The molecule has 6 heteroatoms. The number of nitrogens with two attached hydrogens (primary N) is 1. The summed E-state index contributed by atoms with van der Waals surface area (Å²) in [7, 11) is 0. The molecule has 1 fully saturated rings. The van der Waals surface area contributed by atoms with Gasteiger partial charge in [0.2, 0.25) is 0 Å². The Morgan fingerprint density at radius 3 is 3.06 bits per heavy atom. The third kappa shape index (κ3) is 2.80. The highest BCUT2D eigenvalue weighted by molar-refractivity contribution is 6.31. The van der Waals surface area contributed by atoms with E-state index >= 15 is 0 Å². The minimum Gasteiger partial charge on any atom is -0.373 e. The molecule has 1 aliphatic rings. The van der Waals surface area contributed by atoms with E-state index < -0.39 is 5.82 Å². The van der Waals surface area contributed by atoms with E-state index in [4.69, 9.17) is 22.1 Å². The molecule has 1 heterocycles. The standard InChI is InChI=1S/C12H14ClFN2O2/c13-10-5-8(1-2-11(10)14)12(17)16-3-4-18-9(6-15)7-16/h1-2,5,9H,3-4,6-7,15H2. The van der Waals surface area contributed by atoms with Crippen LogP contribution in [0.5, 0.6) is 0 Å². The van der Waals surface area contributed by atoms with E-state index in [1.807, 2.05) is 0 Å². The predicted octanol–water partition coefficient (Wildman–Crippen LogP) is 1.28. The number of halogens is 2. The summed E-state index contributed by atoms with van der Waals surface area (Å²) in [6, 6.07) is 3.96. The quantitative estimate of drug-likeness (QED) is 0.882. The first-order chi connectivity index (χ1) is 8.61. The normalized spacial score (nSPS) is 19.9. The molecule has 1 unspecified atom stereocenters. The molecule has 0 aromatic heterocycles. The van der Waals surface area contributed by atoms with Crippen LogP contribution in [0.2, 0.25) is 5.02 Å². The lowest BCUT2D eigenvalue weighted by molar-refractivity contribution is -0.0167. The summed E-state index contributed by atoms with van der Waals surface area (Å²) in [5.41, 5.74) is 5.89. The molecule has 0 spiro atoms. The van der Waals surface area contributed by atoms with Crippen molar-refractivity contribution in [3.8, 4) is 0 Å². The van der Waals surface area contributed by atoms with Crippen molar-refractivity contribution < 1.29 is 13.9 Å². The van der Waals surface area contributed by atoms with Crippen LogP contribution in [0.25, 0.3) is 0 Å². The molecule has 1 saturated heterocycles. The molecule has 0 saturated carbocycles. The van der Waals surface area contributed by atoms with Crippen LogP contribution < -0.4 is 5.73 Å². The van der Waals surface area contributed by atoms with Gasteiger partial charge in [0, 0.05) is 25.2 Å². The summed E-state index contributed by atoms with van der Waals surface area (Å²) in [4.78, 5) is 13.8. The zero-order chi connectivity index (χ0) is 13.1. The number of ether oxygens (including phenoxy) is 1. The van der Waals surface area contributed by atoms with E-state index in [0.29, 0.717) is 31.8 Å². The van der Waals surface area contributed by atoms with E-state index in [-0.39, 0.29) is 17.0 Å². The maximum atomic E-state index is 13.0. The van der Waals surface area contributed by atoms with Gasteiger partial charge in [0.05, 0.1) is 17.7 Å². The molecule has 2 N–H and O–H groups in total. The maximum absolute atomic E-state index is 13.0. The number of rotatable bonds is 2. The Hall–Kier alpha value is -1.17. The number of amides is 1. The summed E-state index contributed by atoms with van der Waals surface area (Å²) >= 11 is 5.66. The first kappa shape index (κ1) is 13.3. The number of morpholine rings is 1. The van der Waals surface area contributed by atoms with Crippen molar-refractivity contribution in [3.05, 3.63) is 34.6 Å². The van der Waals surface area contributed by atoms with Crippen molar-refractivity contribution in [2.24, 2.45) is 5.73 Å². The van der Waals surface area contributed by atoms with Crippen LogP contribution in [0.1, 0.15) is 10.4 Å². The minimum atomic E-state index is -0.532. The monoisotopic (exact) mass is 272 g/mol. The van der Waals surface area contributed by atoms with E-state index in [0.717, 1.165) is 0 Å². The Bertz CT molecular complexity index is 456. The molecule has 2 rings (SSSR count). The van der Waals surface area contributed by atoms with Gasteiger partial charge in [-0.25, -0.2) is 4.39 Å². The largest absolute Gasteiger partial charge is 0.373 e. The van der Waals surface area contributed by atoms with Crippen molar-refractivity contribution in [1.82, 2.24) is 4.90 Å².